The highest BCUT2D eigenvalue weighted by molar-refractivity contribution is 5.15. The standard InChI is InChI=1S/C11H16F3NO/c1-8-4-5-9(16-8)10(2,3)6-15-7-11(12,13)14/h4-5,15H,6-7H2,1-3H3. The number of rotatable bonds is 4. The third-order valence-electron chi connectivity index (χ3n) is 2.30. The predicted octanol–water partition coefficient (Wildman–Crippen LogP) is 3.02. The molecule has 0 aliphatic heterocycles. The van der Waals surface area contributed by atoms with E-state index in [9.17, 15) is 13.2 Å². The Bertz CT molecular complexity index is 341. The van der Waals surface area contributed by atoms with E-state index in [1.54, 1.807) is 12.1 Å². The Morgan fingerprint density at radius 1 is 1.19 bits per heavy atom. The van der Waals surface area contributed by atoms with E-state index in [1.165, 1.54) is 0 Å². The molecule has 0 aliphatic rings. The van der Waals surface area contributed by atoms with Gasteiger partial charge in [-0.25, -0.2) is 0 Å². The maximum atomic E-state index is 12.0. The molecule has 0 amide bonds. The molecule has 1 aromatic heterocycles. The summed E-state index contributed by atoms with van der Waals surface area (Å²) in [5.41, 5.74) is -0.445. The fraction of sp³-hybridized carbons (Fsp3) is 0.636. The van der Waals surface area contributed by atoms with Crippen LogP contribution in [0.3, 0.4) is 0 Å². The van der Waals surface area contributed by atoms with E-state index in [2.05, 4.69) is 5.32 Å². The van der Waals surface area contributed by atoms with E-state index in [0.29, 0.717) is 5.76 Å². The summed E-state index contributed by atoms with van der Waals surface area (Å²) in [7, 11) is 0. The first-order valence-electron chi connectivity index (χ1n) is 5.05. The van der Waals surface area contributed by atoms with Crippen LogP contribution in [0.2, 0.25) is 0 Å². The van der Waals surface area contributed by atoms with Gasteiger partial charge in [-0.1, -0.05) is 13.8 Å². The van der Waals surface area contributed by atoms with Crippen molar-refractivity contribution >= 4 is 0 Å². The number of hydrogen-bond acceptors (Lipinski definition) is 2. The number of alkyl halides is 3. The normalized spacial score (nSPS) is 13.1. The van der Waals surface area contributed by atoms with Crippen molar-refractivity contribution < 1.29 is 17.6 Å². The van der Waals surface area contributed by atoms with Crippen molar-refractivity contribution in [1.29, 1.82) is 0 Å². The molecule has 0 fully saturated rings. The van der Waals surface area contributed by atoms with Crippen molar-refractivity contribution in [3.63, 3.8) is 0 Å². The van der Waals surface area contributed by atoms with Crippen LogP contribution in [0, 0.1) is 6.92 Å². The maximum absolute atomic E-state index is 12.0. The summed E-state index contributed by atoms with van der Waals surface area (Å²) >= 11 is 0. The largest absolute Gasteiger partial charge is 0.466 e. The highest BCUT2D eigenvalue weighted by atomic mass is 19.4. The summed E-state index contributed by atoms with van der Waals surface area (Å²) in [6.07, 6.45) is -4.17. The van der Waals surface area contributed by atoms with Gasteiger partial charge >= 0.3 is 6.18 Å². The van der Waals surface area contributed by atoms with Crippen molar-refractivity contribution in [1.82, 2.24) is 5.32 Å². The number of aryl methyl sites for hydroxylation is 1. The molecule has 0 spiro atoms. The Labute approximate surface area is 92.8 Å². The summed E-state index contributed by atoms with van der Waals surface area (Å²) in [6.45, 7) is 4.74. The Balaban J connectivity index is 2.52. The molecule has 0 radical (unpaired) electrons. The zero-order valence-corrected chi connectivity index (χ0v) is 9.61. The summed E-state index contributed by atoms with van der Waals surface area (Å²) in [6, 6.07) is 3.60. The van der Waals surface area contributed by atoms with Crippen molar-refractivity contribution in [2.24, 2.45) is 0 Å². The van der Waals surface area contributed by atoms with Crippen LogP contribution < -0.4 is 5.32 Å². The molecule has 1 rings (SSSR count). The van der Waals surface area contributed by atoms with Crippen LogP contribution in [0.4, 0.5) is 13.2 Å². The van der Waals surface area contributed by atoms with Crippen LogP contribution >= 0.6 is 0 Å². The van der Waals surface area contributed by atoms with Crippen molar-refractivity contribution in [3.8, 4) is 0 Å². The Hall–Kier alpha value is -0.970. The second-order valence-corrected chi connectivity index (χ2v) is 4.51. The minimum Gasteiger partial charge on any atom is -0.466 e. The molecule has 0 atom stereocenters. The molecule has 1 heterocycles. The second kappa shape index (κ2) is 4.49. The minimum atomic E-state index is -4.17. The van der Waals surface area contributed by atoms with E-state index in [4.69, 9.17) is 4.42 Å². The average Bonchev–Trinajstić information content (AvgIpc) is 2.49. The summed E-state index contributed by atoms with van der Waals surface area (Å²) in [4.78, 5) is 0. The zero-order chi connectivity index (χ0) is 12.4. The van der Waals surface area contributed by atoms with Gasteiger partial charge in [0.25, 0.3) is 0 Å². The van der Waals surface area contributed by atoms with Crippen molar-refractivity contribution in [2.45, 2.75) is 32.4 Å². The predicted molar refractivity (Wildman–Crippen MR) is 55.4 cm³/mol. The van der Waals surface area contributed by atoms with Gasteiger partial charge in [0.05, 0.1) is 6.54 Å². The molecule has 0 aliphatic carbocycles. The molecule has 1 N–H and O–H groups in total. The molecule has 16 heavy (non-hydrogen) atoms. The SMILES string of the molecule is Cc1ccc(C(C)(C)CNCC(F)(F)F)o1. The molecule has 0 saturated heterocycles. The van der Waals surface area contributed by atoms with Crippen LogP contribution in [-0.2, 0) is 5.41 Å². The van der Waals surface area contributed by atoms with E-state index in [-0.39, 0.29) is 6.54 Å². The van der Waals surface area contributed by atoms with Crippen molar-refractivity contribution in [2.75, 3.05) is 13.1 Å². The summed E-state index contributed by atoms with van der Waals surface area (Å²) in [5.74, 6) is 1.46. The lowest BCUT2D eigenvalue weighted by molar-refractivity contribution is -0.125. The molecule has 0 bridgehead atoms. The lowest BCUT2D eigenvalue weighted by Gasteiger charge is -2.23. The van der Waals surface area contributed by atoms with Gasteiger partial charge in [0, 0.05) is 12.0 Å². The molecule has 1 aromatic rings. The van der Waals surface area contributed by atoms with Crippen LogP contribution in [0.15, 0.2) is 16.5 Å². The van der Waals surface area contributed by atoms with E-state index < -0.39 is 18.1 Å². The fourth-order valence-electron chi connectivity index (χ4n) is 1.40. The molecule has 92 valence electrons. The van der Waals surface area contributed by atoms with E-state index >= 15 is 0 Å². The fourth-order valence-corrected chi connectivity index (χ4v) is 1.40. The first kappa shape index (κ1) is 13.1. The molecule has 0 saturated carbocycles. The van der Waals surface area contributed by atoms with Gasteiger partial charge in [-0.3, -0.25) is 0 Å². The monoisotopic (exact) mass is 235 g/mol. The van der Waals surface area contributed by atoms with Crippen LogP contribution in [-0.4, -0.2) is 19.3 Å². The first-order valence-corrected chi connectivity index (χ1v) is 5.05. The van der Waals surface area contributed by atoms with Gasteiger partial charge in [0.15, 0.2) is 0 Å². The lowest BCUT2D eigenvalue weighted by atomic mass is 9.90. The van der Waals surface area contributed by atoms with Gasteiger partial charge in [0.2, 0.25) is 0 Å². The first-order chi connectivity index (χ1) is 7.21. The molecule has 0 unspecified atom stereocenters. The quantitative estimate of drug-likeness (QED) is 0.867. The lowest BCUT2D eigenvalue weighted by Crippen LogP contribution is -2.38. The smallest absolute Gasteiger partial charge is 0.401 e. The summed E-state index contributed by atoms with van der Waals surface area (Å²) in [5, 5.41) is 2.39. The van der Waals surface area contributed by atoms with E-state index in [1.807, 2.05) is 20.8 Å². The van der Waals surface area contributed by atoms with Gasteiger partial charge < -0.3 is 9.73 Å². The number of nitrogens with one attached hydrogen (secondary N) is 1. The van der Waals surface area contributed by atoms with Gasteiger partial charge in [-0.15, -0.1) is 0 Å². The Morgan fingerprint density at radius 2 is 1.81 bits per heavy atom. The topological polar surface area (TPSA) is 25.2 Å². The van der Waals surface area contributed by atoms with Crippen LogP contribution in [0.5, 0.6) is 0 Å². The average molecular weight is 235 g/mol. The zero-order valence-electron chi connectivity index (χ0n) is 9.61. The molecule has 5 heteroatoms. The molecule has 2 nitrogen and oxygen atoms in total. The third-order valence-corrected chi connectivity index (χ3v) is 2.30. The van der Waals surface area contributed by atoms with Crippen molar-refractivity contribution in [3.05, 3.63) is 23.7 Å². The number of furan rings is 1. The number of halogens is 3. The highest BCUT2D eigenvalue weighted by Gasteiger charge is 2.29. The number of hydrogen-bond donors (Lipinski definition) is 1. The van der Waals surface area contributed by atoms with Crippen LogP contribution in [0.25, 0.3) is 0 Å². The third kappa shape index (κ3) is 3.89. The molecular formula is C11H16F3NO. The highest BCUT2D eigenvalue weighted by Crippen LogP contribution is 2.24. The van der Waals surface area contributed by atoms with Gasteiger partial charge in [0.1, 0.15) is 11.5 Å². The van der Waals surface area contributed by atoms with Gasteiger partial charge in [-0.05, 0) is 19.1 Å². The Morgan fingerprint density at radius 3 is 2.25 bits per heavy atom. The minimum absolute atomic E-state index is 0.222. The maximum Gasteiger partial charge on any atom is 0.401 e. The second-order valence-electron chi connectivity index (χ2n) is 4.51. The Kier molecular flexibility index (Phi) is 3.68. The summed E-state index contributed by atoms with van der Waals surface area (Å²) < 4.78 is 41.3. The van der Waals surface area contributed by atoms with Crippen LogP contribution in [0.1, 0.15) is 25.4 Å². The molecule has 0 aromatic carbocycles. The van der Waals surface area contributed by atoms with E-state index in [0.717, 1.165) is 5.76 Å². The molecular weight excluding hydrogens is 219 g/mol. The van der Waals surface area contributed by atoms with Gasteiger partial charge in [-0.2, -0.15) is 13.2 Å².